The highest BCUT2D eigenvalue weighted by Crippen LogP contribution is 2.37. The number of hydrogen-bond donors (Lipinski definition) is 1. The second-order valence-corrected chi connectivity index (χ2v) is 5.22. The van der Waals surface area contributed by atoms with Gasteiger partial charge in [-0.2, -0.15) is 0 Å². The summed E-state index contributed by atoms with van der Waals surface area (Å²) in [4.78, 5) is 9.00. The first-order valence-electron chi connectivity index (χ1n) is 5.53. The zero-order valence-corrected chi connectivity index (χ0v) is 9.97. The molecule has 0 radical (unpaired) electrons. The largest absolute Gasteiger partial charge is 0.481 e. The van der Waals surface area contributed by atoms with Crippen LogP contribution in [0.3, 0.4) is 0 Å². The van der Waals surface area contributed by atoms with E-state index in [4.69, 9.17) is 9.90 Å². The van der Waals surface area contributed by atoms with E-state index in [-0.39, 0.29) is 0 Å². The number of carbonyl (C=O) groups is 1. The number of hydrogen-bond acceptors (Lipinski definition) is 1. The zero-order valence-electron chi connectivity index (χ0n) is 9.97. The molecule has 0 aliphatic heterocycles. The van der Waals surface area contributed by atoms with Gasteiger partial charge in [-0.3, -0.25) is 4.79 Å². The fraction of sp³-hybridized carbons (Fsp3) is 0.917. The van der Waals surface area contributed by atoms with Crippen LogP contribution >= 0.6 is 0 Å². The molecule has 1 rings (SSSR count). The maximum atomic E-state index is 9.00. The summed E-state index contributed by atoms with van der Waals surface area (Å²) in [5, 5.41) is 7.42. The molecule has 1 fully saturated rings. The molecule has 0 saturated heterocycles. The maximum Gasteiger partial charge on any atom is 0.300 e. The van der Waals surface area contributed by atoms with Crippen LogP contribution in [-0.2, 0) is 4.79 Å². The Balaban J connectivity index is 0.000000364. The molecule has 0 aromatic rings. The minimum atomic E-state index is -0.833. The molecular weight excluding hydrogens is 176 g/mol. The Labute approximate surface area is 87.7 Å². The number of carboxylic acid groups (broad SMARTS) is 1. The van der Waals surface area contributed by atoms with Crippen LogP contribution in [0.4, 0.5) is 0 Å². The number of carboxylic acids is 1. The van der Waals surface area contributed by atoms with E-state index in [0.29, 0.717) is 5.41 Å². The van der Waals surface area contributed by atoms with Crippen LogP contribution in [0, 0.1) is 11.3 Å². The summed E-state index contributed by atoms with van der Waals surface area (Å²) in [6, 6.07) is 0. The first kappa shape index (κ1) is 13.5. The van der Waals surface area contributed by atoms with E-state index in [1.54, 1.807) is 0 Å². The van der Waals surface area contributed by atoms with Crippen molar-refractivity contribution in [2.75, 3.05) is 0 Å². The normalized spacial score (nSPS) is 18.3. The van der Waals surface area contributed by atoms with Crippen LogP contribution in [0.2, 0.25) is 0 Å². The summed E-state index contributed by atoms with van der Waals surface area (Å²) < 4.78 is 0. The monoisotopic (exact) mass is 200 g/mol. The summed E-state index contributed by atoms with van der Waals surface area (Å²) in [6.07, 6.45) is 7.38. The fourth-order valence-electron chi connectivity index (χ4n) is 1.97. The SMILES string of the molecule is CC(=O)O.CC(C)(C)C1CCCCC1. The van der Waals surface area contributed by atoms with Crippen molar-refractivity contribution >= 4 is 5.97 Å². The van der Waals surface area contributed by atoms with Crippen LogP contribution in [0.25, 0.3) is 0 Å². The zero-order chi connectivity index (χ0) is 11.2. The van der Waals surface area contributed by atoms with E-state index in [2.05, 4.69) is 20.8 Å². The van der Waals surface area contributed by atoms with Crippen molar-refractivity contribution in [3.8, 4) is 0 Å². The molecule has 0 amide bonds. The molecule has 2 heteroatoms. The molecule has 0 bridgehead atoms. The van der Waals surface area contributed by atoms with Gasteiger partial charge in [0, 0.05) is 6.92 Å². The van der Waals surface area contributed by atoms with Gasteiger partial charge < -0.3 is 5.11 Å². The van der Waals surface area contributed by atoms with Crippen molar-refractivity contribution in [2.24, 2.45) is 11.3 Å². The quantitative estimate of drug-likeness (QED) is 0.647. The van der Waals surface area contributed by atoms with Gasteiger partial charge in [0.25, 0.3) is 5.97 Å². The first-order chi connectivity index (χ1) is 6.34. The third-order valence-electron chi connectivity index (χ3n) is 2.83. The Morgan fingerprint density at radius 1 is 1.14 bits per heavy atom. The van der Waals surface area contributed by atoms with Gasteiger partial charge >= 0.3 is 0 Å². The molecule has 0 heterocycles. The van der Waals surface area contributed by atoms with Crippen molar-refractivity contribution in [3.05, 3.63) is 0 Å². The van der Waals surface area contributed by atoms with Crippen LogP contribution in [0.5, 0.6) is 0 Å². The fourth-order valence-corrected chi connectivity index (χ4v) is 1.97. The van der Waals surface area contributed by atoms with Gasteiger partial charge in [0.2, 0.25) is 0 Å². The summed E-state index contributed by atoms with van der Waals surface area (Å²) in [7, 11) is 0. The number of aliphatic carboxylic acids is 1. The predicted molar refractivity (Wildman–Crippen MR) is 59.3 cm³/mol. The van der Waals surface area contributed by atoms with Crippen molar-refractivity contribution in [1.82, 2.24) is 0 Å². The second-order valence-electron chi connectivity index (χ2n) is 5.22. The van der Waals surface area contributed by atoms with Gasteiger partial charge in [-0.15, -0.1) is 0 Å². The van der Waals surface area contributed by atoms with Gasteiger partial charge in [-0.05, 0) is 24.2 Å². The van der Waals surface area contributed by atoms with Gasteiger partial charge in [0.1, 0.15) is 0 Å². The summed E-state index contributed by atoms with van der Waals surface area (Å²) in [6.45, 7) is 8.22. The van der Waals surface area contributed by atoms with Crippen LogP contribution in [-0.4, -0.2) is 11.1 Å². The number of rotatable bonds is 0. The van der Waals surface area contributed by atoms with E-state index < -0.39 is 5.97 Å². The minimum absolute atomic E-state index is 0.570. The first-order valence-corrected chi connectivity index (χ1v) is 5.53. The molecule has 0 aromatic heterocycles. The summed E-state index contributed by atoms with van der Waals surface area (Å²) in [5.74, 6) is 0.168. The summed E-state index contributed by atoms with van der Waals surface area (Å²) >= 11 is 0. The lowest BCUT2D eigenvalue weighted by atomic mass is 9.72. The molecule has 1 N–H and O–H groups in total. The highest BCUT2D eigenvalue weighted by molar-refractivity contribution is 5.62. The van der Waals surface area contributed by atoms with Crippen LogP contribution in [0.15, 0.2) is 0 Å². The van der Waals surface area contributed by atoms with Crippen LogP contribution < -0.4 is 0 Å². The van der Waals surface area contributed by atoms with Gasteiger partial charge in [0.15, 0.2) is 0 Å². The van der Waals surface area contributed by atoms with Crippen molar-refractivity contribution in [2.45, 2.75) is 59.8 Å². The maximum absolute atomic E-state index is 9.00. The predicted octanol–water partition coefficient (Wildman–Crippen LogP) is 3.70. The van der Waals surface area contributed by atoms with E-state index >= 15 is 0 Å². The Morgan fingerprint density at radius 3 is 1.71 bits per heavy atom. The Bertz CT molecular complexity index is 158. The molecule has 84 valence electrons. The average Bonchev–Trinajstić information content (AvgIpc) is 2.03. The lowest BCUT2D eigenvalue weighted by Crippen LogP contribution is -2.22. The Kier molecular flexibility index (Phi) is 5.82. The third kappa shape index (κ3) is 6.93. The summed E-state index contributed by atoms with van der Waals surface area (Å²) in [5.41, 5.74) is 0.570. The van der Waals surface area contributed by atoms with Crippen molar-refractivity contribution < 1.29 is 9.90 Å². The lowest BCUT2D eigenvalue weighted by Gasteiger charge is -2.33. The van der Waals surface area contributed by atoms with Gasteiger partial charge in [-0.25, -0.2) is 0 Å². The molecule has 1 aliphatic carbocycles. The van der Waals surface area contributed by atoms with E-state index in [1.807, 2.05) is 0 Å². The third-order valence-corrected chi connectivity index (χ3v) is 2.83. The van der Waals surface area contributed by atoms with E-state index in [9.17, 15) is 0 Å². The smallest absolute Gasteiger partial charge is 0.300 e. The second kappa shape index (κ2) is 6.05. The van der Waals surface area contributed by atoms with E-state index in [1.165, 1.54) is 32.1 Å². The van der Waals surface area contributed by atoms with Crippen molar-refractivity contribution in [3.63, 3.8) is 0 Å². The lowest BCUT2D eigenvalue weighted by molar-refractivity contribution is -0.134. The molecule has 1 aliphatic rings. The molecular formula is C12H24O2. The molecule has 0 atom stereocenters. The minimum Gasteiger partial charge on any atom is -0.481 e. The topological polar surface area (TPSA) is 37.3 Å². The molecule has 0 spiro atoms. The van der Waals surface area contributed by atoms with Gasteiger partial charge in [-0.1, -0.05) is 40.0 Å². The van der Waals surface area contributed by atoms with Crippen LogP contribution in [0.1, 0.15) is 59.8 Å². The highest BCUT2D eigenvalue weighted by atomic mass is 16.4. The highest BCUT2D eigenvalue weighted by Gasteiger charge is 2.25. The molecule has 2 nitrogen and oxygen atoms in total. The van der Waals surface area contributed by atoms with Crippen molar-refractivity contribution in [1.29, 1.82) is 0 Å². The Morgan fingerprint density at radius 2 is 1.50 bits per heavy atom. The standard InChI is InChI=1S/C10H20.C2H4O2/c1-10(2,3)9-7-5-4-6-8-9;1-2(3)4/h9H,4-8H2,1-3H3;1H3,(H,3,4). The van der Waals surface area contributed by atoms with Gasteiger partial charge in [0.05, 0.1) is 0 Å². The molecule has 0 aromatic carbocycles. The molecule has 0 unspecified atom stereocenters. The molecule has 1 saturated carbocycles. The molecule has 14 heavy (non-hydrogen) atoms. The Hall–Kier alpha value is -0.530. The average molecular weight is 200 g/mol. The van der Waals surface area contributed by atoms with E-state index in [0.717, 1.165) is 12.8 Å².